The van der Waals surface area contributed by atoms with Gasteiger partial charge in [0, 0.05) is 18.8 Å². The number of nitrogens with zero attached hydrogens (tertiary/aromatic N) is 6. The minimum atomic E-state index is -0.864. The summed E-state index contributed by atoms with van der Waals surface area (Å²) in [4.78, 5) is 26.1. The predicted octanol–water partition coefficient (Wildman–Crippen LogP) is 4.08. The smallest absolute Gasteiger partial charge is 0.407 e. The monoisotopic (exact) mass is 432 g/mol. The molecule has 0 bridgehead atoms. The van der Waals surface area contributed by atoms with Crippen LogP contribution in [0.25, 0.3) is 11.0 Å². The van der Waals surface area contributed by atoms with Crippen LogP contribution in [0.5, 0.6) is 11.6 Å². The van der Waals surface area contributed by atoms with E-state index in [0.717, 1.165) is 11.1 Å². The molecule has 1 N–H and O–H groups in total. The highest BCUT2D eigenvalue weighted by molar-refractivity contribution is 5.85. The first-order chi connectivity index (χ1) is 14.0. The molecule has 4 rings (SSSR count). The molecule has 9 nitrogen and oxygen atoms in total. The number of amides is 1. The molecule has 2 atom stereocenters. The number of halogens is 1. The molecule has 1 amide bonds. The van der Waals surface area contributed by atoms with Crippen molar-refractivity contribution < 1.29 is 14.6 Å². The maximum atomic E-state index is 11.6. The van der Waals surface area contributed by atoms with Gasteiger partial charge in [0.1, 0.15) is 11.7 Å². The molecule has 2 unspecified atom stereocenters. The fraction of sp³-hybridized carbons (Fsp3) is 0.450. The summed E-state index contributed by atoms with van der Waals surface area (Å²) in [6, 6.07) is 3.67. The van der Waals surface area contributed by atoms with Crippen LogP contribution >= 0.6 is 12.4 Å². The summed E-state index contributed by atoms with van der Waals surface area (Å²) < 4.78 is 7.86. The number of aromatic nitrogens is 5. The molecular weight excluding hydrogens is 408 g/mol. The van der Waals surface area contributed by atoms with Gasteiger partial charge in [-0.05, 0) is 37.8 Å². The second-order valence-electron chi connectivity index (χ2n) is 7.66. The van der Waals surface area contributed by atoms with E-state index in [0.29, 0.717) is 36.7 Å². The summed E-state index contributed by atoms with van der Waals surface area (Å²) in [5, 5.41) is 14.8. The minimum absolute atomic E-state index is 0. The molecule has 0 spiro atoms. The van der Waals surface area contributed by atoms with Crippen molar-refractivity contribution in [2.24, 2.45) is 5.92 Å². The van der Waals surface area contributed by atoms with Gasteiger partial charge >= 0.3 is 6.09 Å². The third-order valence-electron chi connectivity index (χ3n) is 5.50. The van der Waals surface area contributed by atoms with Crippen LogP contribution in [0.15, 0.2) is 30.9 Å². The number of ether oxygens (including phenoxy) is 1. The third kappa shape index (κ3) is 4.02. The number of hydrogen-bond acceptors (Lipinski definition) is 6. The summed E-state index contributed by atoms with van der Waals surface area (Å²) in [5.74, 6) is 1.29. The van der Waals surface area contributed by atoms with Gasteiger partial charge in [-0.1, -0.05) is 13.8 Å². The first-order valence-corrected chi connectivity index (χ1v) is 9.73. The van der Waals surface area contributed by atoms with Crippen molar-refractivity contribution in [2.75, 3.05) is 6.54 Å². The van der Waals surface area contributed by atoms with Crippen molar-refractivity contribution in [3.8, 4) is 11.6 Å². The van der Waals surface area contributed by atoms with E-state index in [4.69, 9.17) is 4.74 Å². The van der Waals surface area contributed by atoms with Gasteiger partial charge in [-0.25, -0.2) is 19.4 Å². The molecule has 0 aromatic carbocycles. The zero-order chi connectivity index (χ0) is 20.5. The van der Waals surface area contributed by atoms with Crippen molar-refractivity contribution in [2.45, 2.75) is 45.7 Å². The van der Waals surface area contributed by atoms with E-state index in [1.54, 1.807) is 17.3 Å². The van der Waals surface area contributed by atoms with Crippen molar-refractivity contribution in [3.05, 3.63) is 36.5 Å². The Morgan fingerprint density at radius 2 is 2.10 bits per heavy atom. The topological polar surface area (TPSA) is 106 Å². The van der Waals surface area contributed by atoms with E-state index in [-0.39, 0.29) is 30.4 Å². The molecule has 1 fully saturated rings. The van der Waals surface area contributed by atoms with Gasteiger partial charge in [0.05, 0.1) is 17.9 Å². The van der Waals surface area contributed by atoms with Gasteiger partial charge in [0.2, 0.25) is 5.88 Å². The van der Waals surface area contributed by atoms with Crippen molar-refractivity contribution in [1.82, 2.24) is 29.6 Å². The first-order valence-electron chi connectivity index (χ1n) is 9.73. The molecule has 0 aliphatic carbocycles. The molecule has 30 heavy (non-hydrogen) atoms. The van der Waals surface area contributed by atoms with Crippen LogP contribution in [0.1, 0.15) is 38.4 Å². The predicted molar refractivity (Wildman–Crippen MR) is 113 cm³/mol. The number of pyridine rings is 1. The van der Waals surface area contributed by atoms with Crippen LogP contribution < -0.4 is 4.74 Å². The van der Waals surface area contributed by atoms with E-state index >= 15 is 0 Å². The van der Waals surface area contributed by atoms with Gasteiger partial charge in [-0.15, -0.1) is 12.4 Å². The Bertz CT molecular complexity index is 1040. The number of hydrogen-bond donors (Lipinski definition) is 1. The molecule has 3 aromatic heterocycles. The number of carbonyl (C=O) groups is 1. The van der Waals surface area contributed by atoms with Crippen LogP contribution in [0.2, 0.25) is 0 Å². The molecule has 4 heterocycles. The summed E-state index contributed by atoms with van der Waals surface area (Å²) in [6.45, 7) is 6.45. The largest absolute Gasteiger partial charge is 0.465 e. The van der Waals surface area contributed by atoms with Crippen LogP contribution in [0, 0.1) is 12.8 Å². The lowest BCUT2D eigenvalue weighted by atomic mass is 9.90. The standard InChI is InChI=1S/C20H24N6O3.ClH/c1-12(2)16-9-14(6-8-25(16)20(27)28)26-18-15(10-24-26)19(23-11-22-18)29-17-5-4-7-21-13(17)3;/h4-5,7,10-12,14,16H,6,8-9H2,1-3H3,(H,27,28);1H. The van der Waals surface area contributed by atoms with E-state index < -0.39 is 6.09 Å². The molecule has 160 valence electrons. The van der Waals surface area contributed by atoms with Gasteiger partial charge < -0.3 is 14.7 Å². The maximum Gasteiger partial charge on any atom is 0.407 e. The number of piperidine rings is 1. The van der Waals surface area contributed by atoms with E-state index in [1.807, 2.05) is 23.7 Å². The fourth-order valence-electron chi connectivity index (χ4n) is 3.94. The highest BCUT2D eigenvalue weighted by atomic mass is 35.5. The Hall–Kier alpha value is -2.94. The molecule has 10 heteroatoms. The van der Waals surface area contributed by atoms with Crippen molar-refractivity contribution in [3.63, 3.8) is 0 Å². The average Bonchev–Trinajstić information content (AvgIpc) is 3.14. The minimum Gasteiger partial charge on any atom is -0.465 e. The Kier molecular flexibility index (Phi) is 6.40. The lowest BCUT2D eigenvalue weighted by molar-refractivity contribution is 0.0714. The third-order valence-corrected chi connectivity index (χ3v) is 5.50. The Balaban J connectivity index is 0.00000256. The molecule has 1 aliphatic heterocycles. The van der Waals surface area contributed by atoms with Crippen LogP contribution in [0.3, 0.4) is 0 Å². The highest BCUT2D eigenvalue weighted by Gasteiger charge is 2.35. The summed E-state index contributed by atoms with van der Waals surface area (Å²) in [6.07, 6.45) is 5.41. The van der Waals surface area contributed by atoms with Crippen LogP contribution in [-0.4, -0.2) is 53.4 Å². The van der Waals surface area contributed by atoms with Crippen LogP contribution in [-0.2, 0) is 0 Å². The van der Waals surface area contributed by atoms with Gasteiger partial charge in [-0.2, -0.15) is 5.10 Å². The first kappa shape index (κ1) is 21.8. The summed E-state index contributed by atoms with van der Waals surface area (Å²) in [5.41, 5.74) is 1.46. The van der Waals surface area contributed by atoms with Gasteiger partial charge in [-0.3, -0.25) is 4.98 Å². The number of likely N-dealkylation sites (tertiary alicyclic amines) is 1. The number of rotatable bonds is 4. The van der Waals surface area contributed by atoms with E-state index in [1.165, 1.54) is 6.33 Å². The molecule has 0 saturated carbocycles. The number of aryl methyl sites for hydroxylation is 1. The molecule has 3 aromatic rings. The molecule has 1 saturated heterocycles. The average molecular weight is 433 g/mol. The van der Waals surface area contributed by atoms with E-state index in [9.17, 15) is 9.90 Å². The van der Waals surface area contributed by atoms with Crippen LogP contribution in [0.4, 0.5) is 4.79 Å². The van der Waals surface area contributed by atoms with E-state index in [2.05, 4.69) is 33.9 Å². The normalized spacial score (nSPS) is 19.0. The molecule has 1 aliphatic rings. The summed E-state index contributed by atoms with van der Waals surface area (Å²) >= 11 is 0. The number of carboxylic acid groups (broad SMARTS) is 1. The lowest BCUT2D eigenvalue weighted by Gasteiger charge is -2.40. The van der Waals surface area contributed by atoms with Crippen molar-refractivity contribution >= 4 is 29.5 Å². The second-order valence-corrected chi connectivity index (χ2v) is 7.66. The Morgan fingerprint density at radius 1 is 1.30 bits per heavy atom. The summed E-state index contributed by atoms with van der Waals surface area (Å²) in [7, 11) is 0. The molecular formula is C20H25ClN6O3. The van der Waals surface area contributed by atoms with Gasteiger partial charge in [0.25, 0.3) is 0 Å². The zero-order valence-electron chi connectivity index (χ0n) is 17.1. The lowest BCUT2D eigenvalue weighted by Crippen LogP contribution is -2.48. The fourth-order valence-corrected chi connectivity index (χ4v) is 3.94. The second kappa shape index (κ2) is 8.83. The highest BCUT2D eigenvalue weighted by Crippen LogP contribution is 2.34. The van der Waals surface area contributed by atoms with Crippen molar-refractivity contribution in [1.29, 1.82) is 0 Å². The molecule has 0 radical (unpaired) electrons. The quantitative estimate of drug-likeness (QED) is 0.661. The SMILES string of the molecule is Cc1ncccc1Oc1ncnc2c1cnn2C1CCN(C(=O)O)C(C(C)C)C1.Cl. The Labute approximate surface area is 180 Å². The van der Waals surface area contributed by atoms with Gasteiger partial charge in [0.15, 0.2) is 11.4 Å². The zero-order valence-corrected chi connectivity index (χ0v) is 17.9. The Morgan fingerprint density at radius 3 is 2.80 bits per heavy atom. The number of fused-ring (bicyclic) bond motifs is 1. The maximum absolute atomic E-state index is 11.6.